The first-order chi connectivity index (χ1) is 16.6. The van der Waals surface area contributed by atoms with Gasteiger partial charge in [0.1, 0.15) is 23.0 Å². The van der Waals surface area contributed by atoms with Crippen LogP contribution in [0, 0.1) is 11.6 Å². The van der Waals surface area contributed by atoms with Crippen molar-refractivity contribution in [1.29, 1.82) is 0 Å². The number of piperazine rings is 1. The second kappa shape index (κ2) is 10.5. The van der Waals surface area contributed by atoms with E-state index >= 15 is 0 Å². The maximum absolute atomic E-state index is 15.0. The van der Waals surface area contributed by atoms with Gasteiger partial charge in [0.05, 0.1) is 11.0 Å². The molecule has 2 aliphatic rings. The summed E-state index contributed by atoms with van der Waals surface area (Å²) in [5, 5.41) is 0.372. The van der Waals surface area contributed by atoms with Crippen LogP contribution in [0.3, 0.4) is 0 Å². The fourth-order valence-electron chi connectivity index (χ4n) is 4.93. The summed E-state index contributed by atoms with van der Waals surface area (Å²) in [6.45, 7) is 2.81. The fourth-order valence-corrected chi connectivity index (χ4v) is 7.22. The first-order valence-corrected chi connectivity index (χ1v) is 13.5. The van der Waals surface area contributed by atoms with E-state index in [-0.39, 0.29) is 41.9 Å². The van der Waals surface area contributed by atoms with Gasteiger partial charge in [-0.15, -0.1) is 0 Å². The Bertz CT molecular complexity index is 1160. The molecule has 1 heterocycles. The Labute approximate surface area is 209 Å². The Hall–Kier alpha value is -2.07. The third-order valence-corrected chi connectivity index (χ3v) is 9.90. The molecule has 2 aromatic rings. The molecule has 0 bridgehead atoms. The standard InChI is InChI=1S/C25H29ClF2N2O4S/c1-29-12-14-30(15-13-29)24(31)17-34-20-8-10-25(11-9-20,22-16-19(27)4-7-23(22)28)35(32,33)21-5-2-18(26)3-6-21/h2-7,16,20H,8-15,17H2,1H3. The zero-order chi connectivity index (χ0) is 25.2. The van der Waals surface area contributed by atoms with Crippen molar-refractivity contribution in [2.75, 3.05) is 39.8 Å². The van der Waals surface area contributed by atoms with Crippen molar-refractivity contribution in [3.63, 3.8) is 0 Å². The molecule has 35 heavy (non-hydrogen) atoms. The first-order valence-electron chi connectivity index (χ1n) is 11.7. The normalized spacial score (nSPS) is 23.9. The number of halogens is 3. The van der Waals surface area contributed by atoms with Gasteiger partial charge in [-0.3, -0.25) is 4.79 Å². The number of carbonyl (C=O) groups excluding carboxylic acids is 1. The molecule has 1 saturated carbocycles. The molecule has 0 spiro atoms. The van der Waals surface area contributed by atoms with Gasteiger partial charge in [-0.1, -0.05) is 11.6 Å². The number of rotatable bonds is 6. The molecule has 2 aromatic carbocycles. The molecule has 0 N–H and O–H groups in total. The Kier molecular flexibility index (Phi) is 7.80. The molecule has 0 atom stereocenters. The fraction of sp³-hybridized carbons (Fsp3) is 0.480. The molecular weight excluding hydrogens is 498 g/mol. The van der Waals surface area contributed by atoms with Crippen LogP contribution in [0.15, 0.2) is 47.4 Å². The minimum absolute atomic E-state index is 0.00447. The highest BCUT2D eigenvalue weighted by atomic mass is 35.5. The summed E-state index contributed by atoms with van der Waals surface area (Å²) < 4.78 is 61.0. The number of nitrogens with zero attached hydrogens (tertiary/aromatic N) is 2. The van der Waals surface area contributed by atoms with Crippen molar-refractivity contribution < 1.29 is 26.7 Å². The largest absolute Gasteiger partial charge is 0.368 e. The summed E-state index contributed by atoms with van der Waals surface area (Å²) in [6.07, 6.45) is 0.297. The molecule has 10 heteroatoms. The van der Waals surface area contributed by atoms with Crippen LogP contribution < -0.4 is 0 Å². The summed E-state index contributed by atoms with van der Waals surface area (Å²) in [5.74, 6) is -1.57. The molecule has 1 aliphatic carbocycles. The second-order valence-corrected chi connectivity index (χ2v) is 12.0. The van der Waals surface area contributed by atoms with E-state index in [1.54, 1.807) is 4.90 Å². The Balaban J connectivity index is 1.54. The Morgan fingerprint density at radius 2 is 1.69 bits per heavy atom. The lowest BCUT2D eigenvalue weighted by molar-refractivity contribution is -0.140. The van der Waals surface area contributed by atoms with E-state index < -0.39 is 26.2 Å². The highest BCUT2D eigenvalue weighted by Gasteiger charge is 2.50. The van der Waals surface area contributed by atoms with Crippen LogP contribution in [0.4, 0.5) is 8.78 Å². The van der Waals surface area contributed by atoms with Gasteiger partial charge in [-0.2, -0.15) is 0 Å². The van der Waals surface area contributed by atoms with Crippen LogP contribution in [-0.2, 0) is 24.1 Å². The number of sulfone groups is 1. The van der Waals surface area contributed by atoms with Crippen molar-refractivity contribution in [2.45, 2.75) is 41.4 Å². The van der Waals surface area contributed by atoms with Gasteiger partial charge in [0.15, 0.2) is 9.84 Å². The first kappa shape index (κ1) is 26.0. The van der Waals surface area contributed by atoms with Crippen LogP contribution in [0.2, 0.25) is 5.02 Å². The van der Waals surface area contributed by atoms with E-state index in [0.29, 0.717) is 31.0 Å². The molecule has 0 unspecified atom stereocenters. The number of carbonyl (C=O) groups is 1. The maximum atomic E-state index is 15.0. The van der Waals surface area contributed by atoms with E-state index in [0.717, 1.165) is 31.3 Å². The Morgan fingerprint density at radius 3 is 2.31 bits per heavy atom. The quantitative estimate of drug-likeness (QED) is 0.569. The molecule has 190 valence electrons. The molecule has 6 nitrogen and oxygen atoms in total. The van der Waals surface area contributed by atoms with Gasteiger partial charge in [0.2, 0.25) is 5.91 Å². The van der Waals surface area contributed by atoms with Gasteiger partial charge in [0.25, 0.3) is 0 Å². The molecule has 2 fully saturated rings. The van der Waals surface area contributed by atoms with Gasteiger partial charge in [-0.05, 0) is 75.2 Å². The molecule has 4 rings (SSSR count). The SMILES string of the molecule is CN1CCN(C(=O)COC2CCC(c3cc(F)ccc3F)(S(=O)(=O)c3ccc(Cl)cc3)CC2)CC1. The average molecular weight is 527 g/mol. The summed E-state index contributed by atoms with van der Waals surface area (Å²) in [4.78, 5) is 16.4. The molecule has 1 amide bonds. The third-order valence-electron chi connectivity index (χ3n) is 7.10. The summed E-state index contributed by atoms with van der Waals surface area (Å²) in [6, 6.07) is 8.59. The number of amides is 1. The molecular formula is C25H29ClF2N2O4S. The van der Waals surface area contributed by atoms with Gasteiger partial charge in [-0.25, -0.2) is 17.2 Å². The van der Waals surface area contributed by atoms with Crippen LogP contribution in [0.5, 0.6) is 0 Å². The number of benzene rings is 2. The van der Waals surface area contributed by atoms with Gasteiger partial charge >= 0.3 is 0 Å². The number of ether oxygens (including phenoxy) is 1. The van der Waals surface area contributed by atoms with Crippen LogP contribution in [0.25, 0.3) is 0 Å². The monoisotopic (exact) mass is 526 g/mol. The lowest BCUT2D eigenvalue weighted by atomic mass is 9.81. The van der Waals surface area contributed by atoms with Crippen LogP contribution in [-0.4, -0.2) is 70.1 Å². The lowest BCUT2D eigenvalue weighted by Crippen LogP contribution is -2.48. The van der Waals surface area contributed by atoms with Crippen molar-refractivity contribution in [3.05, 3.63) is 64.7 Å². The predicted molar refractivity (Wildman–Crippen MR) is 129 cm³/mol. The van der Waals surface area contributed by atoms with Crippen LogP contribution in [0.1, 0.15) is 31.2 Å². The van der Waals surface area contributed by atoms with Crippen LogP contribution >= 0.6 is 11.6 Å². The number of hydrogen-bond acceptors (Lipinski definition) is 5. The van der Waals surface area contributed by atoms with Crippen molar-refractivity contribution >= 4 is 27.3 Å². The predicted octanol–water partition coefficient (Wildman–Crippen LogP) is 4.02. The topological polar surface area (TPSA) is 66.9 Å². The molecule has 0 radical (unpaired) electrons. The third kappa shape index (κ3) is 5.38. The smallest absolute Gasteiger partial charge is 0.248 e. The average Bonchev–Trinajstić information content (AvgIpc) is 2.85. The highest BCUT2D eigenvalue weighted by Crippen LogP contribution is 2.48. The van der Waals surface area contributed by atoms with E-state index in [9.17, 15) is 22.0 Å². The zero-order valence-corrected chi connectivity index (χ0v) is 21.1. The molecule has 1 aliphatic heterocycles. The summed E-state index contributed by atoms with van der Waals surface area (Å²) in [5.41, 5.74) is -0.181. The van der Waals surface area contributed by atoms with E-state index in [4.69, 9.17) is 16.3 Å². The summed E-state index contributed by atoms with van der Waals surface area (Å²) >= 11 is 5.93. The zero-order valence-electron chi connectivity index (χ0n) is 19.6. The number of likely N-dealkylation sites (N-methyl/N-ethyl adjacent to an activating group) is 1. The molecule has 1 saturated heterocycles. The van der Waals surface area contributed by atoms with E-state index in [1.807, 2.05) is 7.05 Å². The number of hydrogen-bond donors (Lipinski definition) is 0. The lowest BCUT2D eigenvalue weighted by Gasteiger charge is -2.40. The van der Waals surface area contributed by atoms with Gasteiger partial charge < -0.3 is 14.5 Å². The Morgan fingerprint density at radius 1 is 1.06 bits per heavy atom. The van der Waals surface area contributed by atoms with Crippen molar-refractivity contribution in [2.24, 2.45) is 0 Å². The van der Waals surface area contributed by atoms with E-state index in [2.05, 4.69) is 4.90 Å². The molecule has 0 aromatic heterocycles. The minimum Gasteiger partial charge on any atom is -0.368 e. The minimum atomic E-state index is -4.11. The second-order valence-electron chi connectivity index (χ2n) is 9.27. The summed E-state index contributed by atoms with van der Waals surface area (Å²) in [7, 11) is -2.10. The highest BCUT2D eigenvalue weighted by molar-refractivity contribution is 7.92. The van der Waals surface area contributed by atoms with E-state index in [1.165, 1.54) is 24.3 Å². The van der Waals surface area contributed by atoms with Crippen molar-refractivity contribution in [1.82, 2.24) is 9.80 Å². The maximum Gasteiger partial charge on any atom is 0.248 e. The van der Waals surface area contributed by atoms with Gasteiger partial charge in [0, 0.05) is 36.8 Å². The van der Waals surface area contributed by atoms with Crippen molar-refractivity contribution in [3.8, 4) is 0 Å².